The van der Waals surface area contributed by atoms with E-state index in [2.05, 4.69) is 0 Å². The molecule has 0 heterocycles. The van der Waals surface area contributed by atoms with Crippen LogP contribution < -0.4 is 0 Å². The summed E-state index contributed by atoms with van der Waals surface area (Å²) in [6, 6.07) is 0. The van der Waals surface area contributed by atoms with Crippen LogP contribution in [0, 0.1) is 0 Å². The molecular formula is C10H16O5. The maximum absolute atomic E-state index is 9.62. The Labute approximate surface area is 87.6 Å². The van der Waals surface area contributed by atoms with Gasteiger partial charge in [0.1, 0.15) is 24.4 Å². The van der Waals surface area contributed by atoms with Gasteiger partial charge in [-0.15, -0.1) is 0 Å². The van der Waals surface area contributed by atoms with Crippen molar-refractivity contribution in [2.24, 2.45) is 0 Å². The van der Waals surface area contributed by atoms with Crippen LogP contribution in [0.2, 0.25) is 0 Å². The van der Waals surface area contributed by atoms with Crippen LogP contribution in [-0.2, 0) is 0 Å². The summed E-state index contributed by atoms with van der Waals surface area (Å²) in [4.78, 5) is 0. The van der Waals surface area contributed by atoms with Gasteiger partial charge in [-0.2, -0.15) is 0 Å². The predicted molar refractivity (Wildman–Crippen MR) is 53.0 cm³/mol. The van der Waals surface area contributed by atoms with Crippen LogP contribution >= 0.6 is 0 Å². The minimum atomic E-state index is -1.48. The third kappa shape index (κ3) is 2.11. The van der Waals surface area contributed by atoms with E-state index >= 15 is 0 Å². The molecule has 15 heavy (non-hydrogen) atoms. The number of hydrogen-bond acceptors (Lipinski definition) is 5. The van der Waals surface area contributed by atoms with Crippen molar-refractivity contribution in [1.82, 2.24) is 0 Å². The van der Waals surface area contributed by atoms with E-state index in [0.29, 0.717) is 0 Å². The molecule has 0 aliphatic heterocycles. The minimum Gasteiger partial charge on any atom is -0.392 e. The van der Waals surface area contributed by atoms with E-state index in [1.54, 1.807) is 13.0 Å². The van der Waals surface area contributed by atoms with Crippen LogP contribution in [0.25, 0.3) is 0 Å². The van der Waals surface area contributed by atoms with Crippen LogP contribution in [0.15, 0.2) is 23.3 Å². The molecule has 0 bridgehead atoms. The first-order valence-corrected chi connectivity index (χ1v) is 4.73. The van der Waals surface area contributed by atoms with Gasteiger partial charge in [0.25, 0.3) is 0 Å². The van der Waals surface area contributed by atoms with Crippen molar-refractivity contribution in [2.75, 3.05) is 6.61 Å². The summed E-state index contributed by atoms with van der Waals surface area (Å²) >= 11 is 0. The molecule has 0 amide bonds. The first-order chi connectivity index (χ1) is 7.04. The standard InChI is InChI=1S/C10H16O5/c1-2-3-5-6(4-11)8(13)10(15)9(14)7(5)12/h2-3,7-15H,4H2,1H3. The molecule has 1 rings (SSSR count). The second-order valence-electron chi connectivity index (χ2n) is 3.51. The Morgan fingerprint density at radius 3 is 2.07 bits per heavy atom. The highest BCUT2D eigenvalue weighted by Gasteiger charge is 2.40. The average Bonchev–Trinajstić information content (AvgIpc) is 2.24. The van der Waals surface area contributed by atoms with Gasteiger partial charge in [0, 0.05) is 0 Å². The fourth-order valence-electron chi connectivity index (χ4n) is 1.69. The molecule has 0 saturated carbocycles. The molecular weight excluding hydrogens is 200 g/mol. The van der Waals surface area contributed by atoms with Gasteiger partial charge in [0.2, 0.25) is 0 Å². The highest BCUT2D eigenvalue weighted by Crippen LogP contribution is 2.27. The summed E-state index contributed by atoms with van der Waals surface area (Å²) in [5.41, 5.74) is 0.392. The van der Waals surface area contributed by atoms with Gasteiger partial charge in [-0.05, 0) is 18.1 Å². The first kappa shape index (κ1) is 12.4. The molecule has 86 valence electrons. The largest absolute Gasteiger partial charge is 0.392 e. The summed E-state index contributed by atoms with van der Waals surface area (Å²) < 4.78 is 0. The Bertz CT molecular complexity index is 284. The van der Waals surface area contributed by atoms with E-state index in [4.69, 9.17) is 5.11 Å². The highest BCUT2D eigenvalue weighted by atomic mass is 16.4. The van der Waals surface area contributed by atoms with E-state index in [-0.39, 0.29) is 11.1 Å². The van der Waals surface area contributed by atoms with Crippen molar-refractivity contribution in [1.29, 1.82) is 0 Å². The monoisotopic (exact) mass is 216 g/mol. The lowest BCUT2D eigenvalue weighted by atomic mass is 9.83. The minimum absolute atomic E-state index is 0.137. The van der Waals surface area contributed by atoms with Crippen molar-refractivity contribution in [2.45, 2.75) is 31.3 Å². The Hall–Kier alpha value is -0.720. The number of rotatable bonds is 2. The van der Waals surface area contributed by atoms with Crippen LogP contribution in [-0.4, -0.2) is 56.6 Å². The quantitative estimate of drug-likeness (QED) is 0.379. The van der Waals surface area contributed by atoms with Crippen molar-refractivity contribution in [3.05, 3.63) is 23.3 Å². The fraction of sp³-hybridized carbons (Fsp3) is 0.600. The van der Waals surface area contributed by atoms with E-state index in [0.717, 1.165) is 0 Å². The van der Waals surface area contributed by atoms with Crippen LogP contribution in [0.3, 0.4) is 0 Å². The summed E-state index contributed by atoms with van der Waals surface area (Å²) in [5.74, 6) is 0. The number of hydrogen-bond donors (Lipinski definition) is 5. The third-order valence-corrected chi connectivity index (χ3v) is 2.56. The Morgan fingerprint density at radius 2 is 1.60 bits per heavy atom. The second-order valence-corrected chi connectivity index (χ2v) is 3.51. The zero-order valence-electron chi connectivity index (χ0n) is 8.41. The predicted octanol–water partition coefficient (Wildman–Crippen LogP) is -1.69. The summed E-state index contributed by atoms with van der Waals surface area (Å²) in [5, 5.41) is 47.0. The first-order valence-electron chi connectivity index (χ1n) is 4.73. The molecule has 0 aromatic rings. The molecule has 0 aromatic carbocycles. The SMILES string of the molecule is CC=CC1=C(CO)C(O)C(O)C(O)C1O. The van der Waals surface area contributed by atoms with Crippen LogP contribution in [0.4, 0.5) is 0 Å². The van der Waals surface area contributed by atoms with Crippen LogP contribution in [0.1, 0.15) is 6.92 Å². The Balaban J connectivity index is 3.17. The lowest BCUT2D eigenvalue weighted by Gasteiger charge is -2.35. The maximum atomic E-state index is 9.62. The normalized spacial score (nSPS) is 37.7. The Kier molecular flexibility index (Phi) is 4.01. The third-order valence-electron chi connectivity index (χ3n) is 2.56. The van der Waals surface area contributed by atoms with Gasteiger partial charge in [0.15, 0.2) is 0 Å². The van der Waals surface area contributed by atoms with Gasteiger partial charge in [0.05, 0.1) is 6.61 Å². The highest BCUT2D eigenvalue weighted by molar-refractivity contribution is 5.37. The molecule has 5 nitrogen and oxygen atoms in total. The zero-order valence-corrected chi connectivity index (χ0v) is 8.41. The van der Waals surface area contributed by atoms with Gasteiger partial charge >= 0.3 is 0 Å². The van der Waals surface area contributed by atoms with Gasteiger partial charge in [-0.25, -0.2) is 0 Å². The lowest BCUT2D eigenvalue weighted by molar-refractivity contribution is -0.0978. The van der Waals surface area contributed by atoms with Gasteiger partial charge in [-0.1, -0.05) is 12.2 Å². The number of aliphatic hydroxyl groups excluding tert-OH is 5. The van der Waals surface area contributed by atoms with E-state index < -0.39 is 31.0 Å². The molecule has 1 aliphatic rings. The van der Waals surface area contributed by atoms with Crippen molar-refractivity contribution in [3.8, 4) is 0 Å². The molecule has 0 fully saturated rings. The van der Waals surface area contributed by atoms with Crippen LogP contribution in [0.5, 0.6) is 0 Å². The molecule has 0 saturated heterocycles. The molecule has 5 N–H and O–H groups in total. The smallest absolute Gasteiger partial charge is 0.113 e. The molecule has 5 heteroatoms. The van der Waals surface area contributed by atoms with E-state index in [1.807, 2.05) is 0 Å². The zero-order chi connectivity index (χ0) is 11.6. The van der Waals surface area contributed by atoms with Crippen molar-refractivity contribution in [3.63, 3.8) is 0 Å². The molecule has 4 unspecified atom stereocenters. The van der Waals surface area contributed by atoms with Crippen molar-refractivity contribution >= 4 is 0 Å². The summed E-state index contributed by atoms with van der Waals surface area (Å²) in [6.07, 6.45) is -2.45. The molecule has 0 radical (unpaired) electrons. The maximum Gasteiger partial charge on any atom is 0.113 e. The topological polar surface area (TPSA) is 101 Å². The molecule has 0 aromatic heterocycles. The number of allylic oxidation sites excluding steroid dienone is 1. The number of aliphatic hydroxyl groups is 5. The Morgan fingerprint density at radius 1 is 1.07 bits per heavy atom. The lowest BCUT2D eigenvalue weighted by Crippen LogP contribution is -2.51. The van der Waals surface area contributed by atoms with E-state index in [1.165, 1.54) is 6.08 Å². The second kappa shape index (κ2) is 4.87. The summed E-state index contributed by atoms with van der Waals surface area (Å²) in [7, 11) is 0. The molecule has 0 spiro atoms. The van der Waals surface area contributed by atoms with Gasteiger partial charge < -0.3 is 25.5 Å². The molecule has 4 atom stereocenters. The van der Waals surface area contributed by atoms with Gasteiger partial charge in [-0.3, -0.25) is 0 Å². The van der Waals surface area contributed by atoms with E-state index in [9.17, 15) is 20.4 Å². The average molecular weight is 216 g/mol. The van der Waals surface area contributed by atoms with Crippen molar-refractivity contribution < 1.29 is 25.5 Å². The fourth-order valence-corrected chi connectivity index (χ4v) is 1.69. The molecule has 1 aliphatic carbocycles. The summed E-state index contributed by atoms with van der Waals surface area (Å²) in [6.45, 7) is 1.24.